The molecule has 0 radical (unpaired) electrons. The van der Waals surface area contributed by atoms with Gasteiger partial charge >= 0.3 is 0 Å². The molecule has 0 bridgehead atoms. The van der Waals surface area contributed by atoms with Gasteiger partial charge in [0, 0.05) is 10.1 Å². The summed E-state index contributed by atoms with van der Waals surface area (Å²) in [6, 6.07) is 5.86. The quantitative estimate of drug-likeness (QED) is 0.319. The second-order valence-electron chi connectivity index (χ2n) is 3.34. The molecule has 0 fully saturated rings. The molecule has 5 nitrogen and oxygen atoms in total. The lowest BCUT2D eigenvalue weighted by Crippen LogP contribution is -2.43. The maximum Gasteiger partial charge on any atom is 0.195 e. The van der Waals surface area contributed by atoms with Crippen molar-refractivity contribution in [2.75, 3.05) is 6.54 Å². The normalized spacial score (nSPS) is 9.76. The molecular formula is C10H13ClIN5. The Bertz CT molecular complexity index is 435. The Morgan fingerprint density at radius 1 is 1.41 bits per heavy atom. The van der Waals surface area contributed by atoms with Crippen LogP contribution in [-0.4, -0.2) is 18.5 Å². The van der Waals surface area contributed by atoms with Crippen molar-refractivity contribution < 1.29 is 0 Å². The molecular weight excluding hydrogens is 353 g/mol. The number of benzene rings is 1. The second kappa shape index (κ2) is 6.65. The monoisotopic (exact) mass is 365 g/mol. The number of rotatable bonds is 3. The van der Waals surface area contributed by atoms with E-state index in [2.05, 4.69) is 33.2 Å². The molecule has 0 aliphatic carbocycles. The first-order valence-corrected chi connectivity index (χ1v) is 6.32. The van der Waals surface area contributed by atoms with Gasteiger partial charge in [-0.05, 0) is 46.7 Å². The van der Waals surface area contributed by atoms with E-state index in [0.717, 1.165) is 20.6 Å². The minimum atomic E-state index is -0.250. The summed E-state index contributed by atoms with van der Waals surface area (Å²) in [5.74, 6) is -0.228. The molecule has 92 valence electrons. The first-order valence-electron chi connectivity index (χ1n) is 4.86. The van der Waals surface area contributed by atoms with Crippen LogP contribution in [0.5, 0.6) is 0 Å². The molecule has 0 saturated carbocycles. The summed E-state index contributed by atoms with van der Waals surface area (Å²) in [7, 11) is 0. The molecule has 0 aliphatic heterocycles. The number of guanidine groups is 2. The van der Waals surface area contributed by atoms with Gasteiger partial charge in [-0.3, -0.25) is 16.1 Å². The molecule has 1 rings (SSSR count). The van der Waals surface area contributed by atoms with Crippen LogP contribution in [0, 0.1) is 14.4 Å². The number of halogens is 2. The molecule has 7 heteroatoms. The van der Waals surface area contributed by atoms with E-state index in [9.17, 15) is 0 Å². The van der Waals surface area contributed by atoms with E-state index in [0.29, 0.717) is 6.54 Å². The molecule has 0 spiro atoms. The molecule has 6 N–H and O–H groups in total. The maximum atomic E-state index is 7.39. The summed E-state index contributed by atoms with van der Waals surface area (Å²) in [6.45, 7) is 0.579. The molecule has 17 heavy (non-hydrogen) atoms. The highest BCUT2D eigenvalue weighted by molar-refractivity contribution is 14.1. The molecule has 0 atom stereocenters. The standard InChI is InChI=1S/C10H13ClIN5/c11-7-5-6(1-2-8(7)12)3-4-16-10(15)17-9(13)14/h1-2,5H,3-4H2,(H6,13,14,15,16,17). The highest BCUT2D eigenvalue weighted by Crippen LogP contribution is 2.19. The van der Waals surface area contributed by atoms with E-state index in [1.807, 2.05) is 18.2 Å². The van der Waals surface area contributed by atoms with Gasteiger partial charge in [0.2, 0.25) is 0 Å². The van der Waals surface area contributed by atoms with Crippen molar-refractivity contribution in [2.45, 2.75) is 6.42 Å². The summed E-state index contributed by atoms with van der Waals surface area (Å²) in [4.78, 5) is 0. The van der Waals surface area contributed by atoms with Gasteiger partial charge in [-0.2, -0.15) is 0 Å². The zero-order valence-electron chi connectivity index (χ0n) is 8.98. The molecule has 1 aromatic carbocycles. The lowest BCUT2D eigenvalue weighted by molar-refractivity contribution is 0.841. The molecule has 0 saturated heterocycles. The van der Waals surface area contributed by atoms with Gasteiger partial charge < -0.3 is 11.1 Å². The van der Waals surface area contributed by atoms with Crippen LogP contribution < -0.4 is 16.4 Å². The van der Waals surface area contributed by atoms with Gasteiger partial charge in [0.15, 0.2) is 11.9 Å². The fourth-order valence-corrected chi connectivity index (χ4v) is 1.74. The summed E-state index contributed by atoms with van der Waals surface area (Å²) in [5.41, 5.74) is 6.18. The third-order valence-corrected chi connectivity index (χ3v) is 3.53. The Hall–Kier alpha value is -1.02. The van der Waals surface area contributed by atoms with Gasteiger partial charge in [-0.25, -0.2) is 0 Å². The maximum absolute atomic E-state index is 7.39. The lowest BCUT2D eigenvalue weighted by Gasteiger charge is -2.09. The Labute approximate surface area is 118 Å². The largest absolute Gasteiger partial charge is 0.370 e. The van der Waals surface area contributed by atoms with Crippen LogP contribution in [0.4, 0.5) is 0 Å². The molecule has 0 heterocycles. The Balaban J connectivity index is 2.38. The predicted molar refractivity (Wildman–Crippen MR) is 78.7 cm³/mol. The van der Waals surface area contributed by atoms with Crippen LogP contribution in [0.1, 0.15) is 5.56 Å². The topological polar surface area (TPSA) is 97.8 Å². The first kappa shape index (κ1) is 14.0. The van der Waals surface area contributed by atoms with Crippen LogP contribution in [0.2, 0.25) is 5.02 Å². The van der Waals surface area contributed by atoms with Crippen molar-refractivity contribution in [3.05, 3.63) is 32.4 Å². The predicted octanol–water partition coefficient (Wildman–Crippen LogP) is 1.49. The van der Waals surface area contributed by atoms with Crippen LogP contribution in [0.15, 0.2) is 18.2 Å². The molecule has 0 aromatic heterocycles. The van der Waals surface area contributed by atoms with Crippen molar-refractivity contribution in [3.8, 4) is 0 Å². The van der Waals surface area contributed by atoms with Gasteiger partial charge in [0.05, 0.1) is 5.02 Å². The first-order chi connectivity index (χ1) is 7.99. The van der Waals surface area contributed by atoms with Crippen LogP contribution in [0.25, 0.3) is 0 Å². The summed E-state index contributed by atoms with van der Waals surface area (Å²) in [5, 5.41) is 20.2. The van der Waals surface area contributed by atoms with Crippen LogP contribution >= 0.6 is 34.2 Å². The van der Waals surface area contributed by atoms with Gasteiger partial charge in [-0.15, -0.1) is 0 Å². The van der Waals surface area contributed by atoms with Crippen molar-refractivity contribution in [2.24, 2.45) is 5.73 Å². The lowest BCUT2D eigenvalue weighted by atomic mass is 10.1. The van der Waals surface area contributed by atoms with E-state index in [1.54, 1.807) is 0 Å². The summed E-state index contributed by atoms with van der Waals surface area (Å²) >= 11 is 8.17. The number of nitrogens with one attached hydrogen (secondary N) is 4. The minimum Gasteiger partial charge on any atom is -0.370 e. The number of hydrogen-bond donors (Lipinski definition) is 5. The van der Waals surface area contributed by atoms with Crippen molar-refractivity contribution in [1.29, 1.82) is 10.8 Å². The summed E-state index contributed by atoms with van der Waals surface area (Å²) in [6.07, 6.45) is 0.749. The van der Waals surface area contributed by atoms with E-state index in [1.165, 1.54) is 0 Å². The molecule has 0 amide bonds. The van der Waals surface area contributed by atoms with E-state index >= 15 is 0 Å². The Morgan fingerprint density at radius 3 is 2.71 bits per heavy atom. The minimum absolute atomic E-state index is 0.0223. The smallest absolute Gasteiger partial charge is 0.195 e. The van der Waals surface area contributed by atoms with E-state index in [-0.39, 0.29) is 11.9 Å². The third-order valence-electron chi connectivity index (χ3n) is 1.96. The fraction of sp³-hybridized carbons (Fsp3) is 0.200. The van der Waals surface area contributed by atoms with E-state index < -0.39 is 0 Å². The highest BCUT2D eigenvalue weighted by Gasteiger charge is 2.00. The number of hydrogen-bond acceptors (Lipinski definition) is 2. The van der Waals surface area contributed by atoms with Gasteiger partial charge in [0.25, 0.3) is 0 Å². The molecule has 0 aliphatic rings. The zero-order chi connectivity index (χ0) is 12.8. The van der Waals surface area contributed by atoms with Crippen molar-refractivity contribution in [1.82, 2.24) is 10.6 Å². The second-order valence-corrected chi connectivity index (χ2v) is 4.91. The SMILES string of the molecule is N=C(N)NC(=N)NCCc1ccc(I)c(Cl)c1. The van der Waals surface area contributed by atoms with Crippen LogP contribution in [-0.2, 0) is 6.42 Å². The third kappa shape index (κ3) is 5.22. The molecule has 0 unspecified atom stereocenters. The zero-order valence-corrected chi connectivity index (χ0v) is 11.9. The average Bonchev–Trinajstić information content (AvgIpc) is 2.22. The fourth-order valence-electron chi connectivity index (χ4n) is 1.21. The summed E-state index contributed by atoms with van der Waals surface area (Å²) < 4.78 is 1.02. The molecule has 1 aromatic rings. The Morgan fingerprint density at radius 2 is 2.12 bits per heavy atom. The highest BCUT2D eigenvalue weighted by atomic mass is 127. The van der Waals surface area contributed by atoms with Crippen molar-refractivity contribution in [3.63, 3.8) is 0 Å². The Kier molecular flexibility index (Phi) is 5.49. The van der Waals surface area contributed by atoms with Crippen molar-refractivity contribution >= 4 is 46.1 Å². The van der Waals surface area contributed by atoms with E-state index in [4.69, 9.17) is 28.2 Å². The van der Waals surface area contributed by atoms with Gasteiger partial charge in [-0.1, -0.05) is 17.7 Å². The average molecular weight is 366 g/mol. The number of nitrogens with two attached hydrogens (primary N) is 1. The van der Waals surface area contributed by atoms with Gasteiger partial charge in [0.1, 0.15) is 0 Å². The van der Waals surface area contributed by atoms with Crippen LogP contribution in [0.3, 0.4) is 0 Å².